The number of aryl methyl sites for hydroxylation is 2. The van der Waals surface area contributed by atoms with E-state index in [1.807, 2.05) is 20.3 Å². The molecule has 1 aromatic heterocycles. The lowest BCUT2D eigenvalue weighted by Gasteiger charge is -2.10. The summed E-state index contributed by atoms with van der Waals surface area (Å²) in [4.78, 5) is 11.6. The number of hydrogen-bond acceptors (Lipinski definition) is 3. The van der Waals surface area contributed by atoms with Crippen molar-refractivity contribution in [3.05, 3.63) is 18.2 Å². The minimum atomic E-state index is -0.0464. The molecule has 2 rings (SSSR count). The number of cyclic esters (lactones) is 1. The molecule has 2 unspecified atom stereocenters. The number of imidazole rings is 1. The lowest BCUT2D eigenvalue weighted by atomic mass is 9.89. The Kier molecular flexibility index (Phi) is 6.68. The van der Waals surface area contributed by atoms with E-state index in [4.69, 9.17) is 9.84 Å². The van der Waals surface area contributed by atoms with E-state index in [1.165, 1.54) is 5.69 Å². The molecule has 1 saturated heterocycles. The summed E-state index contributed by atoms with van der Waals surface area (Å²) >= 11 is 0. The molecule has 2 heterocycles. The molecular weight excluding hydrogens is 324 g/mol. The minimum Gasteiger partial charge on any atom is -1.00 e. The number of halogens is 1. The summed E-state index contributed by atoms with van der Waals surface area (Å²) in [6, 6.07) is 0. The second kappa shape index (κ2) is 7.78. The van der Waals surface area contributed by atoms with E-state index in [2.05, 4.69) is 15.3 Å². The number of carbonyl (C=O) groups excluding carboxylic acids is 1. The standard InChI is InChI=1S/C14H23N2O3.BrH/c1-3-13-11(9-19-14(13)18)7-12-8-16(5-4-6-17)10-15(12)2;/h8,10-11,13,17H,3-7,9H2,1-2H3;1H/q+1;/p-1. The number of aliphatic hydroxyl groups is 1. The van der Waals surface area contributed by atoms with Crippen LogP contribution in [0.3, 0.4) is 0 Å². The molecule has 5 nitrogen and oxygen atoms in total. The van der Waals surface area contributed by atoms with Crippen molar-refractivity contribution in [1.82, 2.24) is 4.57 Å². The number of esters is 1. The van der Waals surface area contributed by atoms with Crippen LogP contribution >= 0.6 is 0 Å². The molecule has 0 radical (unpaired) electrons. The Morgan fingerprint density at radius 2 is 2.30 bits per heavy atom. The topological polar surface area (TPSA) is 55.3 Å². The van der Waals surface area contributed by atoms with Crippen molar-refractivity contribution in [2.45, 2.75) is 32.7 Å². The zero-order valence-electron chi connectivity index (χ0n) is 12.1. The molecule has 0 amide bonds. The van der Waals surface area contributed by atoms with Gasteiger partial charge in [-0.25, -0.2) is 9.13 Å². The Hall–Kier alpha value is -0.880. The number of rotatable bonds is 6. The Morgan fingerprint density at radius 3 is 2.95 bits per heavy atom. The monoisotopic (exact) mass is 346 g/mol. The summed E-state index contributed by atoms with van der Waals surface area (Å²) in [5, 5.41) is 8.86. The molecule has 20 heavy (non-hydrogen) atoms. The van der Waals surface area contributed by atoms with Crippen LogP contribution in [0.1, 0.15) is 25.5 Å². The van der Waals surface area contributed by atoms with Crippen molar-refractivity contribution in [2.24, 2.45) is 18.9 Å². The van der Waals surface area contributed by atoms with Gasteiger partial charge < -0.3 is 26.8 Å². The summed E-state index contributed by atoms with van der Waals surface area (Å²) in [6.07, 6.45) is 6.61. The first-order valence-electron chi connectivity index (χ1n) is 6.97. The van der Waals surface area contributed by atoms with E-state index in [9.17, 15) is 4.79 Å². The van der Waals surface area contributed by atoms with Gasteiger partial charge in [-0.1, -0.05) is 6.92 Å². The van der Waals surface area contributed by atoms with Gasteiger partial charge in [-0.15, -0.1) is 0 Å². The second-order valence-corrected chi connectivity index (χ2v) is 5.27. The summed E-state index contributed by atoms with van der Waals surface area (Å²) in [7, 11) is 2.02. The molecule has 114 valence electrons. The molecule has 6 heteroatoms. The van der Waals surface area contributed by atoms with Crippen LogP contribution in [-0.2, 0) is 29.5 Å². The number of aromatic nitrogens is 2. The molecule has 0 aromatic carbocycles. The van der Waals surface area contributed by atoms with E-state index in [-0.39, 0.29) is 41.4 Å². The first kappa shape index (κ1) is 17.2. The fourth-order valence-electron chi connectivity index (χ4n) is 2.76. The first-order valence-corrected chi connectivity index (χ1v) is 6.97. The number of ether oxygens (including phenoxy) is 1. The molecule has 1 aliphatic heterocycles. The minimum absolute atomic E-state index is 0. The van der Waals surface area contributed by atoms with Gasteiger partial charge in [0.05, 0.1) is 26.1 Å². The highest BCUT2D eigenvalue weighted by Crippen LogP contribution is 2.27. The van der Waals surface area contributed by atoms with Crippen LogP contribution in [0.2, 0.25) is 0 Å². The van der Waals surface area contributed by atoms with E-state index < -0.39 is 0 Å². The maximum Gasteiger partial charge on any atom is 0.309 e. The maximum absolute atomic E-state index is 11.6. The Balaban J connectivity index is 0.00000200. The summed E-state index contributed by atoms with van der Waals surface area (Å²) in [6.45, 7) is 3.61. The first-order chi connectivity index (χ1) is 9.15. The summed E-state index contributed by atoms with van der Waals surface area (Å²) < 4.78 is 9.34. The van der Waals surface area contributed by atoms with E-state index in [1.54, 1.807) is 0 Å². The SMILES string of the molecule is CCC1C(=O)OCC1Cc1c[n+](CCCO)cn1C.[Br-]. The molecule has 1 aromatic rings. The van der Waals surface area contributed by atoms with Gasteiger partial charge in [0.2, 0.25) is 6.33 Å². The quantitative estimate of drug-likeness (QED) is 0.455. The van der Waals surface area contributed by atoms with Crippen molar-refractivity contribution >= 4 is 5.97 Å². The third kappa shape index (κ3) is 3.82. The largest absolute Gasteiger partial charge is 1.00 e. The van der Waals surface area contributed by atoms with Gasteiger partial charge in [0, 0.05) is 25.4 Å². The van der Waals surface area contributed by atoms with Crippen LogP contribution < -0.4 is 21.5 Å². The van der Waals surface area contributed by atoms with Gasteiger partial charge in [-0.3, -0.25) is 4.79 Å². The lowest BCUT2D eigenvalue weighted by Crippen LogP contribution is -3.00. The third-order valence-corrected chi connectivity index (χ3v) is 3.89. The highest BCUT2D eigenvalue weighted by Gasteiger charge is 2.36. The molecular formula is C14H23BrN2O3. The van der Waals surface area contributed by atoms with Crippen LogP contribution in [0.4, 0.5) is 0 Å². The van der Waals surface area contributed by atoms with E-state index >= 15 is 0 Å². The van der Waals surface area contributed by atoms with Crippen molar-refractivity contribution < 1.29 is 36.2 Å². The van der Waals surface area contributed by atoms with Gasteiger partial charge in [0.25, 0.3) is 0 Å². The fourth-order valence-corrected chi connectivity index (χ4v) is 2.76. The van der Waals surface area contributed by atoms with Gasteiger partial charge >= 0.3 is 5.97 Å². The van der Waals surface area contributed by atoms with Crippen LogP contribution in [0, 0.1) is 11.8 Å². The van der Waals surface area contributed by atoms with Crippen molar-refractivity contribution in [3.63, 3.8) is 0 Å². The molecule has 1 N–H and O–H groups in total. The Labute approximate surface area is 130 Å². The molecule has 0 aliphatic carbocycles. The van der Waals surface area contributed by atoms with Gasteiger partial charge in [-0.2, -0.15) is 0 Å². The van der Waals surface area contributed by atoms with Crippen LogP contribution in [0.15, 0.2) is 12.5 Å². The molecule has 1 aliphatic rings. The van der Waals surface area contributed by atoms with Crippen molar-refractivity contribution in [2.75, 3.05) is 13.2 Å². The van der Waals surface area contributed by atoms with Crippen molar-refractivity contribution in [3.8, 4) is 0 Å². The molecule has 0 bridgehead atoms. The maximum atomic E-state index is 11.6. The van der Waals surface area contributed by atoms with Gasteiger partial charge in [0.1, 0.15) is 11.9 Å². The number of hydrogen-bond donors (Lipinski definition) is 1. The second-order valence-electron chi connectivity index (χ2n) is 5.27. The van der Waals surface area contributed by atoms with Gasteiger partial charge in [0.15, 0.2) is 0 Å². The zero-order chi connectivity index (χ0) is 13.8. The summed E-state index contributed by atoms with van der Waals surface area (Å²) in [5.41, 5.74) is 1.21. The smallest absolute Gasteiger partial charge is 0.309 e. The van der Waals surface area contributed by atoms with Crippen molar-refractivity contribution in [1.29, 1.82) is 0 Å². The zero-order valence-corrected chi connectivity index (χ0v) is 13.7. The Morgan fingerprint density at radius 1 is 1.55 bits per heavy atom. The predicted molar refractivity (Wildman–Crippen MR) is 69.2 cm³/mol. The predicted octanol–water partition coefficient (Wildman–Crippen LogP) is -2.56. The highest BCUT2D eigenvalue weighted by atomic mass is 79.9. The van der Waals surface area contributed by atoms with Crippen LogP contribution in [-0.4, -0.2) is 28.9 Å². The average Bonchev–Trinajstić information content (AvgIpc) is 2.91. The van der Waals surface area contributed by atoms with Crippen LogP contribution in [0.25, 0.3) is 0 Å². The molecule has 2 atom stereocenters. The van der Waals surface area contributed by atoms with Gasteiger partial charge in [-0.05, 0) is 6.42 Å². The normalized spacial score (nSPS) is 21.6. The van der Waals surface area contributed by atoms with E-state index in [0.717, 1.165) is 25.8 Å². The molecule has 0 saturated carbocycles. The van der Waals surface area contributed by atoms with E-state index in [0.29, 0.717) is 6.61 Å². The number of aliphatic hydroxyl groups excluding tert-OH is 1. The average molecular weight is 347 g/mol. The lowest BCUT2D eigenvalue weighted by molar-refractivity contribution is -0.697. The Bertz CT molecular complexity index is 448. The molecule has 1 fully saturated rings. The number of carbonyl (C=O) groups is 1. The number of nitrogens with zero attached hydrogens (tertiary/aromatic N) is 2. The molecule has 0 spiro atoms. The fraction of sp³-hybridized carbons (Fsp3) is 0.714. The van der Waals surface area contributed by atoms with Crippen LogP contribution in [0.5, 0.6) is 0 Å². The third-order valence-electron chi connectivity index (χ3n) is 3.89. The highest BCUT2D eigenvalue weighted by molar-refractivity contribution is 5.74. The summed E-state index contributed by atoms with van der Waals surface area (Å²) in [5.74, 6) is 0.285.